The largest absolute Gasteiger partial charge is 0.327 e. The molecule has 1 saturated heterocycles. The summed E-state index contributed by atoms with van der Waals surface area (Å²) in [6.07, 6.45) is 3.59. The van der Waals surface area contributed by atoms with Gasteiger partial charge in [-0.1, -0.05) is 23.2 Å². The van der Waals surface area contributed by atoms with E-state index in [1.807, 2.05) is 0 Å². The number of nitrogens with one attached hydrogen (secondary N) is 3. The van der Waals surface area contributed by atoms with Crippen LogP contribution in [0.5, 0.6) is 0 Å². The van der Waals surface area contributed by atoms with Gasteiger partial charge in [-0.05, 0) is 61.7 Å². The standard InChI is InChI=1S/C20H21Cl2N3O2/c21-15-6-4-14(5-7-15)20(27)24-18-12-16(8-9-17(18)22)23-19(26)13-25-10-2-1-3-11-25/h4-9,12H,1-3,10-11,13H2,(H,23,26)(H,24,27)/p+1. The van der Waals surface area contributed by atoms with Gasteiger partial charge in [0, 0.05) is 16.3 Å². The SMILES string of the molecule is O=C(C[NH+]1CCCCC1)Nc1ccc(Cl)c(NC(=O)c2ccc(Cl)cc2)c1. The van der Waals surface area contributed by atoms with E-state index in [1.54, 1.807) is 42.5 Å². The summed E-state index contributed by atoms with van der Waals surface area (Å²) >= 11 is 12.0. The quantitative estimate of drug-likeness (QED) is 0.713. The second-order valence-electron chi connectivity index (χ2n) is 6.69. The van der Waals surface area contributed by atoms with Crippen LogP contribution in [0.3, 0.4) is 0 Å². The minimum absolute atomic E-state index is 0.0378. The highest BCUT2D eigenvalue weighted by atomic mass is 35.5. The number of halogens is 2. The lowest BCUT2D eigenvalue weighted by Crippen LogP contribution is -3.13. The van der Waals surface area contributed by atoms with E-state index < -0.39 is 0 Å². The molecule has 0 aromatic heterocycles. The van der Waals surface area contributed by atoms with Crippen LogP contribution in [0, 0.1) is 0 Å². The minimum atomic E-state index is -0.296. The predicted molar refractivity (Wildman–Crippen MR) is 109 cm³/mol. The van der Waals surface area contributed by atoms with Gasteiger partial charge in [-0.2, -0.15) is 0 Å². The summed E-state index contributed by atoms with van der Waals surface area (Å²) in [6.45, 7) is 2.53. The third kappa shape index (κ3) is 5.70. The van der Waals surface area contributed by atoms with E-state index in [-0.39, 0.29) is 11.8 Å². The number of hydrogen-bond donors (Lipinski definition) is 3. The number of likely N-dealkylation sites (tertiary alicyclic amines) is 1. The van der Waals surface area contributed by atoms with Crippen LogP contribution in [0.1, 0.15) is 29.6 Å². The molecule has 7 heteroatoms. The highest BCUT2D eigenvalue weighted by molar-refractivity contribution is 6.34. The predicted octanol–water partition coefficient (Wildman–Crippen LogP) is 3.25. The first-order chi connectivity index (χ1) is 13.0. The van der Waals surface area contributed by atoms with E-state index in [1.165, 1.54) is 24.2 Å². The minimum Gasteiger partial charge on any atom is -0.327 e. The van der Waals surface area contributed by atoms with Crippen LogP contribution < -0.4 is 15.5 Å². The molecule has 2 aromatic rings. The Bertz CT molecular complexity index is 818. The van der Waals surface area contributed by atoms with Crippen LogP contribution >= 0.6 is 23.2 Å². The molecular weight excluding hydrogens is 385 g/mol. The average Bonchev–Trinajstić information content (AvgIpc) is 2.65. The molecule has 3 rings (SSSR count). The molecule has 0 bridgehead atoms. The maximum Gasteiger partial charge on any atom is 0.279 e. The first-order valence-corrected chi connectivity index (χ1v) is 9.77. The van der Waals surface area contributed by atoms with Gasteiger partial charge < -0.3 is 15.5 Å². The van der Waals surface area contributed by atoms with Crippen LogP contribution in [0.2, 0.25) is 10.0 Å². The van der Waals surface area contributed by atoms with Crippen molar-refractivity contribution in [1.82, 2.24) is 0 Å². The summed E-state index contributed by atoms with van der Waals surface area (Å²) in [4.78, 5) is 26.0. The first kappa shape index (κ1) is 19.7. The zero-order chi connectivity index (χ0) is 19.2. The number of amides is 2. The van der Waals surface area contributed by atoms with E-state index in [2.05, 4.69) is 10.6 Å². The van der Waals surface area contributed by atoms with Gasteiger partial charge in [-0.15, -0.1) is 0 Å². The fraction of sp³-hybridized carbons (Fsp3) is 0.300. The summed E-state index contributed by atoms with van der Waals surface area (Å²) in [5.41, 5.74) is 1.52. The molecule has 1 fully saturated rings. The van der Waals surface area contributed by atoms with E-state index in [0.717, 1.165) is 13.1 Å². The molecule has 3 N–H and O–H groups in total. The van der Waals surface area contributed by atoms with Gasteiger partial charge in [0.25, 0.3) is 11.8 Å². The number of hydrogen-bond acceptors (Lipinski definition) is 2. The highest BCUT2D eigenvalue weighted by Gasteiger charge is 2.18. The van der Waals surface area contributed by atoms with Gasteiger partial charge >= 0.3 is 0 Å². The zero-order valence-corrected chi connectivity index (χ0v) is 16.4. The third-order valence-corrected chi connectivity index (χ3v) is 5.16. The molecule has 1 heterocycles. The molecule has 1 aliphatic heterocycles. The van der Waals surface area contributed by atoms with Crippen molar-refractivity contribution in [3.05, 3.63) is 58.1 Å². The number of quaternary nitrogens is 1. The Morgan fingerprint density at radius 3 is 2.33 bits per heavy atom. The van der Waals surface area contributed by atoms with Crippen LogP contribution in [0.25, 0.3) is 0 Å². The molecule has 2 aromatic carbocycles. The van der Waals surface area contributed by atoms with Crippen LogP contribution in [0.15, 0.2) is 42.5 Å². The second kappa shape index (κ2) is 9.22. The van der Waals surface area contributed by atoms with Crippen molar-refractivity contribution in [3.63, 3.8) is 0 Å². The smallest absolute Gasteiger partial charge is 0.279 e. The molecule has 0 atom stereocenters. The fourth-order valence-corrected chi connectivity index (χ4v) is 3.45. The topological polar surface area (TPSA) is 62.6 Å². The maximum atomic E-state index is 12.4. The number of rotatable bonds is 5. The summed E-state index contributed by atoms with van der Waals surface area (Å²) in [5, 5.41) is 6.62. The van der Waals surface area contributed by atoms with Crippen molar-refractivity contribution in [1.29, 1.82) is 0 Å². The highest BCUT2D eigenvalue weighted by Crippen LogP contribution is 2.26. The molecule has 0 saturated carbocycles. The number of carbonyl (C=O) groups is 2. The molecule has 0 spiro atoms. The Morgan fingerprint density at radius 1 is 0.926 bits per heavy atom. The second-order valence-corrected chi connectivity index (χ2v) is 7.53. The molecule has 5 nitrogen and oxygen atoms in total. The van der Waals surface area contributed by atoms with Gasteiger partial charge in [0.15, 0.2) is 6.54 Å². The molecule has 27 heavy (non-hydrogen) atoms. The van der Waals surface area contributed by atoms with Gasteiger partial charge in [-0.3, -0.25) is 9.59 Å². The van der Waals surface area contributed by atoms with Gasteiger partial charge in [-0.25, -0.2) is 0 Å². The van der Waals surface area contributed by atoms with Crippen molar-refractivity contribution in [3.8, 4) is 0 Å². The van der Waals surface area contributed by atoms with Crippen LogP contribution in [-0.2, 0) is 4.79 Å². The van der Waals surface area contributed by atoms with Gasteiger partial charge in [0.1, 0.15) is 0 Å². The molecular formula is C20H22Cl2N3O2+. The van der Waals surface area contributed by atoms with Crippen molar-refractivity contribution >= 4 is 46.4 Å². The summed E-state index contributed by atoms with van der Waals surface area (Å²) in [6, 6.07) is 11.6. The van der Waals surface area contributed by atoms with E-state index in [0.29, 0.717) is 33.5 Å². The van der Waals surface area contributed by atoms with E-state index in [4.69, 9.17) is 23.2 Å². The van der Waals surface area contributed by atoms with Crippen LogP contribution in [-0.4, -0.2) is 31.4 Å². The summed E-state index contributed by atoms with van der Waals surface area (Å²) in [7, 11) is 0. The van der Waals surface area contributed by atoms with Crippen molar-refractivity contribution in [2.24, 2.45) is 0 Å². The normalized spacial score (nSPS) is 14.6. The first-order valence-electron chi connectivity index (χ1n) is 9.01. The number of carbonyl (C=O) groups excluding carboxylic acids is 2. The van der Waals surface area contributed by atoms with E-state index >= 15 is 0 Å². The van der Waals surface area contributed by atoms with Crippen molar-refractivity contribution < 1.29 is 14.5 Å². The monoisotopic (exact) mass is 406 g/mol. The lowest BCUT2D eigenvalue weighted by molar-refractivity contribution is -0.896. The Labute approximate surface area is 168 Å². The number of anilines is 2. The molecule has 0 radical (unpaired) electrons. The fourth-order valence-electron chi connectivity index (χ4n) is 3.16. The Morgan fingerprint density at radius 2 is 1.63 bits per heavy atom. The van der Waals surface area contributed by atoms with Crippen molar-refractivity contribution in [2.75, 3.05) is 30.3 Å². The molecule has 0 aliphatic carbocycles. The van der Waals surface area contributed by atoms with Gasteiger partial charge in [0.05, 0.1) is 23.8 Å². The van der Waals surface area contributed by atoms with Crippen LogP contribution in [0.4, 0.5) is 11.4 Å². The van der Waals surface area contributed by atoms with Crippen molar-refractivity contribution in [2.45, 2.75) is 19.3 Å². The summed E-state index contributed by atoms with van der Waals surface area (Å²) < 4.78 is 0. The number of piperidine rings is 1. The average molecular weight is 407 g/mol. The summed E-state index contributed by atoms with van der Waals surface area (Å²) in [5.74, 6) is -0.334. The van der Waals surface area contributed by atoms with Gasteiger partial charge in [0.2, 0.25) is 0 Å². The van der Waals surface area contributed by atoms with E-state index in [9.17, 15) is 9.59 Å². The maximum absolute atomic E-state index is 12.4. The number of benzene rings is 2. The zero-order valence-electron chi connectivity index (χ0n) is 14.9. The Balaban J connectivity index is 1.63. The Hall–Kier alpha value is -2.08. The molecule has 142 valence electrons. The Kier molecular flexibility index (Phi) is 6.72. The lowest BCUT2D eigenvalue weighted by atomic mass is 10.1. The lowest BCUT2D eigenvalue weighted by Gasteiger charge is -2.22. The third-order valence-electron chi connectivity index (χ3n) is 4.58. The molecule has 1 aliphatic rings. The molecule has 0 unspecified atom stereocenters. The molecule has 2 amide bonds.